The second kappa shape index (κ2) is 10.9. The normalized spacial score (nSPS) is 10.9. The molecule has 3 aromatic rings. The van der Waals surface area contributed by atoms with Gasteiger partial charge in [-0.15, -0.1) is 0 Å². The number of ether oxygens (including phenoxy) is 3. The molecule has 0 atom stereocenters. The number of anilines is 2. The summed E-state index contributed by atoms with van der Waals surface area (Å²) in [5.74, 6) is -1.64. The van der Waals surface area contributed by atoms with Crippen molar-refractivity contribution in [3.63, 3.8) is 0 Å². The molecule has 0 saturated heterocycles. The highest BCUT2D eigenvalue weighted by Gasteiger charge is 2.28. The van der Waals surface area contributed by atoms with Crippen LogP contribution in [0.1, 0.15) is 10.4 Å². The SMILES string of the molecule is COC(=O)c1cc(OC)c(OC)cc1NC(=O)CN(c1ccc(F)cc1)S(=O)(=O)c1ccccc1. The zero-order chi connectivity index (χ0) is 25.6. The monoisotopic (exact) mass is 502 g/mol. The summed E-state index contributed by atoms with van der Waals surface area (Å²) in [6, 6.07) is 14.9. The average molecular weight is 503 g/mol. The zero-order valence-electron chi connectivity index (χ0n) is 19.1. The number of hydrogen-bond donors (Lipinski definition) is 1. The van der Waals surface area contributed by atoms with E-state index in [1.165, 1.54) is 57.7 Å². The van der Waals surface area contributed by atoms with Crippen molar-refractivity contribution in [3.05, 3.63) is 78.1 Å². The number of carbonyl (C=O) groups is 2. The first-order chi connectivity index (χ1) is 16.7. The zero-order valence-corrected chi connectivity index (χ0v) is 20.0. The van der Waals surface area contributed by atoms with E-state index in [2.05, 4.69) is 5.32 Å². The number of hydrogen-bond acceptors (Lipinski definition) is 7. The van der Waals surface area contributed by atoms with Crippen molar-refractivity contribution in [2.75, 3.05) is 37.5 Å². The lowest BCUT2D eigenvalue weighted by molar-refractivity contribution is -0.114. The van der Waals surface area contributed by atoms with Crippen LogP contribution in [0.5, 0.6) is 11.5 Å². The van der Waals surface area contributed by atoms with Crippen molar-refractivity contribution in [2.45, 2.75) is 4.90 Å². The predicted octanol–water partition coefficient (Wildman–Crippen LogP) is 3.46. The molecule has 0 bridgehead atoms. The van der Waals surface area contributed by atoms with Crippen LogP contribution in [0, 0.1) is 5.82 Å². The number of nitrogens with one attached hydrogen (secondary N) is 1. The largest absolute Gasteiger partial charge is 0.493 e. The van der Waals surface area contributed by atoms with Crippen LogP contribution in [-0.4, -0.2) is 48.2 Å². The molecule has 0 aliphatic heterocycles. The molecule has 0 spiro atoms. The maximum Gasteiger partial charge on any atom is 0.340 e. The Bertz CT molecular complexity index is 1310. The molecule has 1 amide bonds. The third kappa shape index (κ3) is 5.69. The fourth-order valence-electron chi connectivity index (χ4n) is 3.22. The van der Waals surface area contributed by atoms with Crippen molar-refractivity contribution >= 4 is 33.3 Å². The van der Waals surface area contributed by atoms with E-state index < -0.39 is 34.3 Å². The predicted molar refractivity (Wildman–Crippen MR) is 127 cm³/mol. The molecule has 3 aromatic carbocycles. The first kappa shape index (κ1) is 25.5. The number of rotatable bonds is 9. The van der Waals surface area contributed by atoms with Crippen molar-refractivity contribution in [1.82, 2.24) is 0 Å². The maximum atomic E-state index is 13.5. The second-order valence-electron chi connectivity index (χ2n) is 7.09. The van der Waals surface area contributed by atoms with Gasteiger partial charge in [-0.05, 0) is 36.4 Å². The van der Waals surface area contributed by atoms with E-state index in [0.29, 0.717) is 0 Å². The maximum absolute atomic E-state index is 13.5. The third-order valence-electron chi connectivity index (χ3n) is 4.94. The van der Waals surface area contributed by atoms with Crippen LogP contribution >= 0.6 is 0 Å². The number of nitrogens with zero attached hydrogens (tertiary/aromatic N) is 1. The van der Waals surface area contributed by atoms with E-state index in [1.807, 2.05) is 0 Å². The molecule has 0 aliphatic rings. The molecular formula is C24H23FN2O7S. The van der Waals surface area contributed by atoms with E-state index in [9.17, 15) is 22.4 Å². The molecule has 0 unspecified atom stereocenters. The lowest BCUT2D eigenvalue weighted by Crippen LogP contribution is -2.38. The molecule has 9 nitrogen and oxygen atoms in total. The summed E-state index contributed by atoms with van der Waals surface area (Å²) < 4.78 is 56.2. The standard InChI is InChI=1S/C24H23FN2O7S/c1-32-21-13-19(24(29)34-3)20(14-22(21)33-2)26-23(28)15-27(17-11-9-16(25)10-12-17)35(30,31)18-7-5-4-6-8-18/h4-14H,15H2,1-3H3,(H,26,28). The van der Waals surface area contributed by atoms with Crippen molar-refractivity contribution in [1.29, 1.82) is 0 Å². The summed E-state index contributed by atoms with van der Waals surface area (Å²) in [6.07, 6.45) is 0. The molecule has 0 heterocycles. The smallest absolute Gasteiger partial charge is 0.340 e. The second-order valence-corrected chi connectivity index (χ2v) is 8.96. The minimum Gasteiger partial charge on any atom is -0.493 e. The highest BCUT2D eigenvalue weighted by atomic mass is 32.2. The Morgan fingerprint density at radius 3 is 2.09 bits per heavy atom. The van der Waals surface area contributed by atoms with E-state index in [4.69, 9.17) is 14.2 Å². The number of methoxy groups -OCH3 is 3. The number of amides is 1. The van der Waals surface area contributed by atoms with Gasteiger partial charge in [0.05, 0.1) is 43.2 Å². The number of benzene rings is 3. The Hall–Kier alpha value is -4.12. The van der Waals surface area contributed by atoms with Gasteiger partial charge in [-0.1, -0.05) is 18.2 Å². The highest BCUT2D eigenvalue weighted by molar-refractivity contribution is 7.92. The Morgan fingerprint density at radius 1 is 0.914 bits per heavy atom. The fourth-order valence-corrected chi connectivity index (χ4v) is 4.67. The quantitative estimate of drug-likeness (QED) is 0.446. The van der Waals surface area contributed by atoms with E-state index in [1.54, 1.807) is 18.2 Å². The van der Waals surface area contributed by atoms with Crippen molar-refractivity contribution < 1.29 is 36.6 Å². The highest BCUT2D eigenvalue weighted by Crippen LogP contribution is 2.34. The van der Waals surface area contributed by atoms with E-state index in [0.717, 1.165) is 16.4 Å². The van der Waals surface area contributed by atoms with Crippen LogP contribution in [0.3, 0.4) is 0 Å². The number of sulfonamides is 1. The minimum absolute atomic E-state index is 0.0238. The van der Waals surface area contributed by atoms with Gasteiger partial charge < -0.3 is 19.5 Å². The Kier molecular flexibility index (Phi) is 7.92. The Morgan fingerprint density at radius 2 is 1.51 bits per heavy atom. The van der Waals surface area contributed by atoms with Crippen LogP contribution in [0.2, 0.25) is 0 Å². The molecule has 0 aliphatic carbocycles. The molecule has 0 aromatic heterocycles. The van der Waals surface area contributed by atoms with Gasteiger partial charge in [0.25, 0.3) is 10.0 Å². The van der Waals surface area contributed by atoms with Gasteiger partial charge in [0, 0.05) is 12.1 Å². The van der Waals surface area contributed by atoms with Crippen LogP contribution in [0.4, 0.5) is 15.8 Å². The summed E-state index contributed by atoms with van der Waals surface area (Å²) in [6.45, 7) is -0.669. The van der Waals surface area contributed by atoms with Gasteiger partial charge in [-0.25, -0.2) is 17.6 Å². The first-order valence-corrected chi connectivity index (χ1v) is 11.6. The molecule has 0 saturated carbocycles. The van der Waals surface area contributed by atoms with Gasteiger partial charge in [-0.2, -0.15) is 0 Å². The van der Waals surface area contributed by atoms with Crippen molar-refractivity contribution in [2.24, 2.45) is 0 Å². The summed E-state index contributed by atoms with van der Waals surface area (Å²) in [7, 11) is -0.261. The number of esters is 1. The van der Waals surface area contributed by atoms with Gasteiger partial charge in [0.1, 0.15) is 12.4 Å². The molecule has 1 N–H and O–H groups in total. The van der Waals surface area contributed by atoms with Gasteiger partial charge in [0.2, 0.25) is 5.91 Å². The summed E-state index contributed by atoms with van der Waals surface area (Å²) in [5, 5.41) is 2.53. The summed E-state index contributed by atoms with van der Waals surface area (Å²) >= 11 is 0. The minimum atomic E-state index is -4.20. The molecule has 0 radical (unpaired) electrons. The molecule has 3 rings (SSSR count). The summed E-state index contributed by atoms with van der Waals surface area (Å²) in [5.41, 5.74) is 0.0688. The van der Waals surface area contributed by atoms with Gasteiger partial charge >= 0.3 is 5.97 Å². The van der Waals surface area contributed by atoms with Crippen LogP contribution in [0.25, 0.3) is 0 Å². The lowest BCUT2D eigenvalue weighted by Gasteiger charge is -2.24. The number of carbonyl (C=O) groups excluding carboxylic acids is 2. The summed E-state index contributed by atoms with van der Waals surface area (Å²) in [4.78, 5) is 25.3. The molecule has 11 heteroatoms. The molecular weight excluding hydrogens is 479 g/mol. The van der Waals surface area contributed by atoms with Gasteiger partial charge in [-0.3, -0.25) is 9.10 Å². The van der Waals surface area contributed by atoms with Gasteiger partial charge in [0.15, 0.2) is 11.5 Å². The van der Waals surface area contributed by atoms with Crippen LogP contribution in [-0.2, 0) is 19.6 Å². The molecule has 35 heavy (non-hydrogen) atoms. The fraction of sp³-hybridized carbons (Fsp3) is 0.167. The van der Waals surface area contributed by atoms with Crippen LogP contribution in [0.15, 0.2) is 71.6 Å². The molecule has 0 fully saturated rings. The Balaban J connectivity index is 2.00. The average Bonchev–Trinajstić information content (AvgIpc) is 2.87. The van der Waals surface area contributed by atoms with E-state index in [-0.39, 0.29) is 33.3 Å². The third-order valence-corrected chi connectivity index (χ3v) is 6.72. The van der Waals surface area contributed by atoms with E-state index >= 15 is 0 Å². The van der Waals surface area contributed by atoms with Crippen molar-refractivity contribution in [3.8, 4) is 11.5 Å². The number of halogens is 1. The topological polar surface area (TPSA) is 111 Å². The molecule has 184 valence electrons. The van der Waals surface area contributed by atoms with Crippen LogP contribution < -0.4 is 19.1 Å². The first-order valence-electron chi connectivity index (χ1n) is 10.2. The Labute approximate surface area is 202 Å². The lowest BCUT2D eigenvalue weighted by atomic mass is 10.1.